The Morgan fingerprint density at radius 3 is 2.74 bits per heavy atom. The van der Waals surface area contributed by atoms with Gasteiger partial charge in [-0.05, 0) is 56.9 Å². The third-order valence-electron chi connectivity index (χ3n) is 4.27. The molecular weight excluding hydrogens is 403 g/mol. The Morgan fingerprint density at radius 1 is 1.35 bits per heavy atom. The fourth-order valence-corrected chi connectivity index (χ4v) is 2.95. The highest BCUT2D eigenvalue weighted by Gasteiger charge is 2.18. The number of likely N-dealkylation sites (tertiary alicyclic amines) is 1. The molecule has 1 fully saturated rings. The van der Waals surface area contributed by atoms with E-state index < -0.39 is 0 Å². The van der Waals surface area contributed by atoms with Gasteiger partial charge in [0.15, 0.2) is 5.96 Å². The summed E-state index contributed by atoms with van der Waals surface area (Å²) in [4.78, 5) is 6.87. The van der Waals surface area contributed by atoms with Gasteiger partial charge >= 0.3 is 0 Å². The number of guanidine groups is 1. The van der Waals surface area contributed by atoms with E-state index in [0.717, 1.165) is 37.1 Å². The molecular formula is C17H31IN4O. The molecule has 1 aliphatic rings. The van der Waals surface area contributed by atoms with Crippen LogP contribution in [0.2, 0.25) is 0 Å². The van der Waals surface area contributed by atoms with E-state index in [0.29, 0.717) is 0 Å². The molecule has 0 saturated carbocycles. The van der Waals surface area contributed by atoms with Crippen molar-refractivity contribution >= 4 is 29.9 Å². The largest absolute Gasteiger partial charge is 0.469 e. The standard InChI is InChI=1S/C17H30N4O.HI/c1-3-10-21-11-7-15(8-12-21)14-20-17(18-2)19-9-6-16-5-4-13-22-16;/h4-5,13,15H,3,6-12,14H2,1-2H3,(H2,18,19,20);1H. The van der Waals surface area contributed by atoms with Crippen molar-refractivity contribution in [3.05, 3.63) is 24.2 Å². The van der Waals surface area contributed by atoms with E-state index in [-0.39, 0.29) is 24.0 Å². The second-order valence-corrected chi connectivity index (χ2v) is 5.99. The fourth-order valence-electron chi connectivity index (χ4n) is 2.95. The molecule has 0 aromatic carbocycles. The first-order valence-corrected chi connectivity index (χ1v) is 8.51. The Balaban J connectivity index is 0.00000264. The molecule has 6 heteroatoms. The van der Waals surface area contributed by atoms with E-state index in [1.54, 1.807) is 6.26 Å². The first-order chi connectivity index (χ1) is 10.8. The van der Waals surface area contributed by atoms with Gasteiger partial charge in [-0.1, -0.05) is 6.92 Å². The molecule has 0 atom stereocenters. The highest BCUT2D eigenvalue weighted by molar-refractivity contribution is 14.0. The van der Waals surface area contributed by atoms with Crippen molar-refractivity contribution in [1.29, 1.82) is 0 Å². The van der Waals surface area contributed by atoms with Crippen LogP contribution in [0.4, 0.5) is 0 Å². The normalized spacial score (nSPS) is 16.9. The topological polar surface area (TPSA) is 52.8 Å². The van der Waals surface area contributed by atoms with Crippen molar-refractivity contribution in [2.45, 2.75) is 32.6 Å². The average molecular weight is 434 g/mol. The lowest BCUT2D eigenvalue weighted by Gasteiger charge is -2.32. The molecule has 132 valence electrons. The molecule has 2 rings (SSSR count). The van der Waals surface area contributed by atoms with Crippen LogP contribution in [0, 0.1) is 5.92 Å². The van der Waals surface area contributed by atoms with Gasteiger partial charge in [-0.3, -0.25) is 4.99 Å². The number of piperidine rings is 1. The monoisotopic (exact) mass is 434 g/mol. The van der Waals surface area contributed by atoms with Crippen molar-refractivity contribution in [3.63, 3.8) is 0 Å². The zero-order valence-electron chi connectivity index (χ0n) is 14.4. The fraction of sp³-hybridized carbons (Fsp3) is 0.706. The van der Waals surface area contributed by atoms with Crippen LogP contribution in [-0.2, 0) is 6.42 Å². The molecule has 0 radical (unpaired) electrons. The summed E-state index contributed by atoms with van der Waals surface area (Å²) in [5, 5.41) is 6.80. The van der Waals surface area contributed by atoms with Crippen molar-refractivity contribution in [1.82, 2.24) is 15.5 Å². The lowest BCUT2D eigenvalue weighted by molar-refractivity contribution is 0.185. The third kappa shape index (κ3) is 7.56. The molecule has 0 aliphatic carbocycles. The van der Waals surface area contributed by atoms with Crippen LogP contribution >= 0.6 is 24.0 Å². The minimum Gasteiger partial charge on any atom is -0.469 e. The van der Waals surface area contributed by atoms with Crippen LogP contribution in [-0.4, -0.2) is 50.6 Å². The number of hydrogen-bond acceptors (Lipinski definition) is 3. The lowest BCUT2D eigenvalue weighted by atomic mass is 9.97. The molecule has 1 aromatic heterocycles. The maximum atomic E-state index is 5.33. The van der Waals surface area contributed by atoms with Crippen LogP contribution in [0.3, 0.4) is 0 Å². The summed E-state index contributed by atoms with van der Waals surface area (Å²) in [7, 11) is 1.83. The zero-order chi connectivity index (χ0) is 15.6. The smallest absolute Gasteiger partial charge is 0.190 e. The van der Waals surface area contributed by atoms with E-state index in [9.17, 15) is 0 Å². The Hall–Kier alpha value is -0.760. The van der Waals surface area contributed by atoms with Crippen LogP contribution in [0.1, 0.15) is 31.9 Å². The van der Waals surface area contributed by atoms with Gasteiger partial charge in [0.1, 0.15) is 5.76 Å². The molecule has 2 heterocycles. The minimum atomic E-state index is 0. The average Bonchev–Trinajstić information content (AvgIpc) is 3.06. The van der Waals surface area contributed by atoms with Gasteiger partial charge in [0, 0.05) is 26.6 Å². The number of rotatable bonds is 7. The van der Waals surface area contributed by atoms with Crippen LogP contribution in [0.15, 0.2) is 27.8 Å². The molecule has 0 bridgehead atoms. The maximum Gasteiger partial charge on any atom is 0.190 e. The highest BCUT2D eigenvalue weighted by atomic mass is 127. The SMILES string of the molecule is CCCN1CCC(CNC(=NC)NCCc2ccco2)CC1.I. The first kappa shape index (κ1) is 20.3. The summed E-state index contributed by atoms with van der Waals surface area (Å²) in [6, 6.07) is 3.93. The highest BCUT2D eigenvalue weighted by Crippen LogP contribution is 2.16. The molecule has 5 nitrogen and oxygen atoms in total. The molecule has 0 amide bonds. The Kier molecular flexibility index (Phi) is 10.3. The molecule has 1 aromatic rings. The van der Waals surface area contributed by atoms with E-state index in [2.05, 4.69) is 27.4 Å². The first-order valence-electron chi connectivity index (χ1n) is 8.51. The summed E-state index contributed by atoms with van der Waals surface area (Å²) < 4.78 is 5.33. The van der Waals surface area contributed by atoms with Crippen molar-refractivity contribution in [3.8, 4) is 0 Å². The molecule has 0 spiro atoms. The van der Waals surface area contributed by atoms with E-state index in [4.69, 9.17) is 4.42 Å². The predicted molar refractivity (Wildman–Crippen MR) is 107 cm³/mol. The summed E-state index contributed by atoms with van der Waals surface area (Å²) in [5.41, 5.74) is 0. The number of hydrogen-bond donors (Lipinski definition) is 2. The Bertz CT molecular complexity index is 428. The Morgan fingerprint density at radius 2 is 2.13 bits per heavy atom. The van der Waals surface area contributed by atoms with E-state index >= 15 is 0 Å². The van der Waals surface area contributed by atoms with Gasteiger partial charge in [0.05, 0.1) is 6.26 Å². The summed E-state index contributed by atoms with van der Waals surface area (Å²) in [6.45, 7) is 7.83. The number of nitrogens with zero attached hydrogens (tertiary/aromatic N) is 2. The third-order valence-corrected chi connectivity index (χ3v) is 4.27. The molecule has 23 heavy (non-hydrogen) atoms. The van der Waals surface area contributed by atoms with Gasteiger partial charge in [0.2, 0.25) is 0 Å². The molecule has 1 aliphatic heterocycles. The lowest BCUT2D eigenvalue weighted by Crippen LogP contribution is -2.43. The van der Waals surface area contributed by atoms with Gasteiger partial charge in [-0.15, -0.1) is 24.0 Å². The number of aliphatic imine (C=N–C) groups is 1. The van der Waals surface area contributed by atoms with Gasteiger partial charge < -0.3 is 20.0 Å². The zero-order valence-corrected chi connectivity index (χ0v) is 16.7. The van der Waals surface area contributed by atoms with Crippen molar-refractivity contribution < 1.29 is 4.42 Å². The summed E-state index contributed by atoms with van der Waals surface area (Å²) in [5.74, 6) is 2.66. The predicted octanol–water partition coefficient (Wildman–Crippen LogP) is 2.73. The molecule has 2 N–H and O–H groups in total. The molecule has 0 unspecified atom stereocenters. The summed E-state index contributed by atoms with van der Waals surface area (Å²) >= 11 is 0. The summed E-state index contributed by atoms with van der Waals surface area (Å²) in [6.07, 6.45) is 6.43. The minimum absolute atomic E-state index is 0. The Labute approximate surface area is 157 Å². The number of furan rings is 1. The van der Waals surface area contributed by atoms with Gasteiger partial charge in [-0.25, -0.2) is 0 Å². The van der Waals surface area contributed by atoms with Crippen LogP contribution in [0.5, 0.6) is 0 Å². The second-order valence-electron chi connectivity index (χ2n) is 5.99. The van der Waals surface area contributed by atoms with Gasteiger partial charge in [0.25, 0.3) is 0 Å². The maximum absolute atomic E-state index is 5.33. The van der Waals surface area contributed by atoms with Crippen LogP contribution < -0.4 is 10.6 Å². The van der Waals surface area contributed by atoms with Gasteiger partial charge in [-0.2, -0.15) is 0 Å². The van der Waals surface area contributed by atoms with Crippen molar-refractivity contribution in [2.75, 3.05) is 39.8 Å². The number of halogens is 1. The van der Waals surface area contributed by atoms with Crippen LogP contribution in [0.25, 0.3) is 0 Å². The number of nitrogens with one attached hydrogen (secondary N) is 2. The second kappa shape index (κ2) is 11.7. The van der Waals surface area contributed by atoms with E-state index in [1.165, 1.54) is 38.9 Å². The van der Waals surface area contributed by atoms with Crippen molar-refractivity contribution in [2.24, 2.45) is 10.9 Å². The molecule has 1 saturated heterocycles. The quantitative estimate of drug-likeness (QED) is 0.394. The van der Waals surface area contributed by atoms with E-state index in [1.807, 2.05) is 19.2 Å².